The Balaban J connectivity index is 2.62. The molecule has 10 heavy (non-hydrogen) atoms. The predicted molar refractivity (Wildman–Crippen MR) is 47.7 cm³/mol. The summed E-state index contributed by atoms with van der Waals surface area (Å²) in [7, 11) is -1.30. The Morgan fingerprint density at radius 3 is 2.80 bits per heavy atom. The highest BCUT2D eigenvalue weighted by atomic mass is 28.3. The molecule has 0 spiro atoms. The standard InChI is InChI=1S/C7H14N2Si/c1-4-10(2,3)9-6-5-8-7-9/h4,7H,1,5-6H2,2-3H3. The van der Waals surface area contributed by atoms with Crippen molar-refractivity contribution in [2.45, 2.75) is 13.1 Å². The lowest BCUT2D eigenvalue weighted by molar-refractivity contribution is 0.686. The van der Waals surface area contributed by atoms with Gasteiger partial charge in [0.05, 0.1) is 12.9 Å². The molecule has 0 aromatic carbocycles. The number of rotatable bonds is 2. The first-order valence-corrected chi connectivity index (χ1v) is 6.59. The van der Waals surface area contributed by atoms with Crippen LogP contribution in [0.2, 0.25) is 13.1 Å². The third kappa shape index (κ3) is 1.29. The van der Waals surface area contributed by atoms with Crippen molar-refractivity contribution in [2.24, 2.45) is 4.99 Å². The van der Waals surface area contributed by atoms with E-state index < -0.39 is 8.24 Å². The smallest absolute Gasteiger partial charge is 0.175 e. The van der Waals surface area contributed by atoms with Crippen molar-refractivity contribution in [3.05, 3.63) is 12.3 Å². The molecule has 1 aliphatic rings. The van der Waals surface area contributed by atoms with Gasteiger partial charge in [-0.15, -0.1) is 6.58 Å². The van der Waals surface area contributed by atoms with Gasteiger partial charge in [0.15, 0.2) is 8.24 Å². The van der Waals surface area contributed by atoms with Crippen LogP contribution in [0.15, 0.2) is 17.3 Å². The van der Waals surface area contributed by atoms with Crippen molar-refractivity contribution in [3.63, 3.8) is 0 Å². The lowest BCUT2D eigenvalue weighted by atomic mass is 10.7. The first-order chi connectivity index (χ1) is 4.67. The normalized spacial score (nSPS) is 18.0. The van der Waals surface area contributed by atoms with Gasteiger partial charge in [0.25, 0.3) is 0 Å². The van der Waals surface area contributed by atoms with Gasteiger partial charge in [-0.2, -0.15) is 0 Å². The molecule has 0 N–H and O–H groups in total. The van der Waals surface area contributed by atoms with Crippen LogP contribution in [0.25, 0.3) is 0 Å². The van der Waals surface area contributed by atoms with Crippen LogP contribution < -0.4 is 0 Å². The van der Waals surface area contributed by atoms with E-state index in [-0.39, 0.29) is 0 Å². The highest BCUT2D eigenvalue weighted by Gasteiger charge is 2.25. The molecular weight excluding hydrogens is 140 g/mol. The molecule has 0 unspecified atom stereocenters. The van der Waals surface area contributed by atoms with Gasteiger partial charge in [0.2, 0.25) is 0 Å². The highest BCUT2D eigenvalue weighted by Crippen LogP contribution is 2.10. The van der Waals surface area contributed by atoms with E-state index in [9.17, 15) is 0 Å². The van der Waals surface area contributed by atoms with Gasteiger partial charge in [-0.3, -0.25) is 4.99 Å². The summed E-state index contributed by atoms with van der Waals surface area (Å²) in [4.78, 5) is 4.17. The maximum atomic E-state index is 4.17. The first-order valence-electron chi connectivity index (χ1n) is 3.57. The topological polar surface area (TPSA) is 15.6 Å². The predicted octanol–water partition coefficient (Wildman–Crippen LogP) is 1.26. The number of nitrogens with zero attached hydrogens (tertiary/aromatic N) is 2. The van der Waals surface area contributed by atoms with Gasteiger partial charge in [-0.25, -0.2) is 0 Å². The van der Waals surface area contributed by atoms with E-state index in [1.165, 1.54) is 0 Å². The van der Waals surface area contributed by atoms with Crippen molar-refractivity contribution < 1.29 is 0 Å². The molecule has 0 bridgehead atoms. The zero-order valence-corrected chi connectivity index (χ0v) is 7.67. The lowest BCUT2D eigenvalue weighted by Crippen LogP contribution is -2.45. The maximum absolute atomic E-state index is 4.17. The van der Waals surface area contributed by atoms with Gasteiger partial charge in [0, 0.05) is 6.54 Å². The summed E-state index contributed by atoms with van der Waals surface area (Å²) in [6, 6.07) is 0. The zero-order valence-electron chi connectivity index (χ0n) is 6.67. The minimum absolute atomic E-state index is 0.963. The maximum Gasteiger partial charge on any atom is 0.175 e. The molecule has 1 heterocycles. The second-order valence-corrected chi connectivity index (χ2v) is 7.36. The summed E-state index contributed by atoms with van der Waals surface area (Å²) in [6.07, 6.45) is 1.97. The van der Waals surface area contributed by atoms with E-state index in [4.69, 9.17) is 0 Å². The largest absolute Gasteiger partial charge is 0.384 e. The van der Waals surface area contributed by atoms with Crippen LogP contribution in [0.3, 0.4) is 0 Å². The molecule has 0 amide bonds. The Hall–Kier alpha value is -0.573. The van der Waals surface area contributed by atoms with Gasteiger partial charge >= 0.3 is 0 Å². The molecule has 1 aliphatic heterocycles. The molecule has 0 radical (unpaired) electrons. The molecule has 56 valence electrons. The quantitative estimate of drug-likeness (QED) is 0.547. The molecule has 0 aliphatic carbocycles. The van der Waals surface area contributed by atoms with Gasteiger partial charge < -0.3 is 4.57 Å². The molecular formula is C7H14N2Si. The molecule has 0 saturated heterocycles. The average Bonchev–Trinajstić information content (AvgIpc) is 2.38. The zero-order chi connectivity index (χ0) is 7.61. The summed E-state index contributed by atoms with van der Waals surface area (Å²) in [5.74, 6) is 0. The Kier molecular flexibility index (Phi) is 1.94. The highest BCUT2D eigenvalue weighted by molar-refractivity contribution is 6.81. The molecule has 3 heteroatoms. The molecule has 1 rings (SSSR count). The molecule has 0 fully saturated rings. The second-order valence-electron chi connectivity index (χ2n) is 3.07. The van der Waals surface area contributed by atoms with E-state index in [1.807, 2.05) is 6.34 Å². The minimum atomic E-state index is -1.30. The van der Waals surface area contributed by atoms with Crippen molar-refractivity contribution in [2.75, 3.05) is 13.1 Å². The van der Waals surface area contributed by atoms with Crippen LogP contribution in [0, 0.1) is 0 Å². The van der Waals surface area contributed by atoms with E-state index in [0.717, 1.165) is 13.1 Å². The van der Waals surface area contributed by atoms with Crippen LogP contribution in [0.4, 0.5) is 0 Å². The van der Waals surface area contributed by atoms with Gasteiger partial charge in [0.1, 0.15) is 0 Å². The van der Waals surface area contributed by atoms with Crippen LogP contribution in [0.5, 0.6) is 0 Å². The van der Waals surface area contributed by atoms with Gasteiger partial charge in [-0.05, 0) is 13.1 Å². The van der Waals surface area contributed by atoms with Crippen LogP contribution in [-0.2, 0) is 0 Å². The molecule has 0 atom stereocenters. The Labute approximate surface area is 63.3 Å². The Morgan fingerprint density at radius 1 is 1.70 bits per heavy atom. The van der Waals surface area contributed by atoms with Crippen LogP contribution in [-0.4, -0.2) is 32.2 Å². The first kappa shape index (κ1) is 7.53. The Bertz CT molecular complexity index is 163. The summed E-state index contributed by atoms with van der Waals surface area (Å²) in [5.41, 5.74) is 2.09. The second kappa shape index (κ2) is 2.58. The molecule has 0 aromatic rings. The third-order valence-corrected chi connectivity index (χ3v) is 4.75. The van der Waals surface area contributed by atoms with E-state index >= 15 is 0 Å². The number of hydrogen-bond acceptors (Lipinski definition) is 2. The van der Waals surface area contributed by atoms with Crippen molar-refractivity contribution >= 4 is 14.6 Å². The SMILES string of the molecule is C=C[Si](C)(C)N1C=NCC1. The fourth-order valence-corrected chi connectivity index (χ4v) is 2.22. The molecule has 0 saturated carbocycles. The summed E-state index contributed by atoms with van der Waals surface area (Å²) >= 11 is 0. The van der Waals surface area contributed by atoms with Gasteiger partial charge in [-0.1, -0.05) is 5.70 Å². The molecule has 0 aromatic heterocycles. The van der Waals surface area contributed by atoms with Crippen LogP contribution in [0.1, 0.15) is 0 Å². The van der Waals surface area contributed by atoms with Crippen molar-refractivity contribution in [1.82, 2.24) is 4.57 Å². The minimum Gasteiger partial charge on any atom is -0.384 e. The van der Waals surface area contributed by atoms with E-state index in [0.29, 0.717) is 0 Å². The van der Waals surface area contributed by atoms with Crippen LogP contribution >= 0.6 is 0 Å². The number of aliphatic imine (C=N–C) groups is 1. The average molecular weight is 154 g/mol. The summed E-state index contributed by atoms with van der Waals surface area (Å²) in [5, 5.41) is 0. The fraction of sp³-hybridized carbons (Fsp3) is 0.571. The monoisotopic (exact) mass is 154 g/mol. The molecule has 2 nitrogen and oxygen atoms in total. The van der Waals surface area contributed by atoms with Crippen molar-refractivity contribution in [3.8, 4) is 0 Å². The third-order valence-electron chi connectivity index (χ3n) is 1.93. The summed E-state index contributed by atoms with van der Waals surface area (Å²) < 4.78 is 2.33. The number of hydrogen-bond donors (Lipinski definition) is 0. The lowest BCUT2D eigenvalue weighted by Gasteiger charge is -2.28. The fourth-order valence-electron chi connectivity index (χ4n) is 0.934. The van der Waals surface area contributed by atoms with E-state index in [1.54, 1.807) is 0 Å². The van der Waals surface area contributed by atoms with E-state index in [2.05, 4.69) is 34.9 Å². The Morgan fingerprint density at radius 2 is 2.40 bits per heavy atom. The summed E-state index contributed by atoms with van der Waals surface area (Å²) in [6.45, 7) is 10.4. The van der Waals surface area contributed by atoms with Crippen molar-refractivity contribution in [1.29, 1.82) is 0 Å².